The summed E-state index contributed by atoms with van der Waals surface area (Å²) in [6.45, 7) is 2.10. The van der Waals surface area contributed by atoms with Crippen LogP contribution in [-0.4, -0.2) is 24.0 Å². The zero-order chi connectivity index (χ0) is 14.9. The number of carbonyl (C=O) groups excluding carboxylic acids is 1. The van der Waals surface area contributed by atoms with Crippen LogP contribution in [0.1, 0.15) is 44.9 Å². The maximum atomic E-state index is 12.7. The molecule has 1 aromatic heterocycles. The Hall–Kier alpha value is -1.58. The zero-order valence-electron chi connectivity index (χ0n) is 13.1. The van der Waals surface area contributed by atoms with Gasteiger partial charge in [0, 0.05) is 25.2 Å². The lowest BCUT2D eigenvalue weighted by Gasteiger charge is -2.30. The number of aromatic nitrogens is 1. The summed E-state index contributed by atoms with van der Waals surface area (Å²) in [6.07, 6.45) is 10.5. The SMILES string of the molecule is O=C(Nc1cccnc1N1CCCCC1)[C@H]1C[C@H]2CC[C@H]1C2. The molecule has 3 fully saturated rings. The van der Waals surface area contributed by atoms with Crippen molar-refractivity contribution >= 4 is 17.4 Å². The van der Waals surface area contributed by atoms with Gasteiger partial charge in [0.15, 0.2) is 5.82 Å². The topological polar surface area (TPSA) is 45.2 Å². The summed E-state index contributed by atoms with van der Waals surface area (Å²) in [4.78, 5) is 19.5. The first-order chi connectivity index (χ1) is 10.8. The minimum atomic E-state index is 0.221. The molecular weight excluding hydrogens is 274 g/mol. The predicted octanol–water partition coefficient (Wildman–Crippen LogP) is 3.45. The lowest BCUT2D eigenvalue weighted by molar-refractivity contribution is -0.121. The van der Waals surface area contributed by atoms with Crippen molar-refractivity contribution in [3.8, 4) is 0 Å². The fourth-order valence-electron chi connectivity index (χ4n) is 4.64. The number of rotatable bonds is 3. The van der Waals surface area contributed by atoms with Crippen LogP contribution in [0.25, 0.3) is 0 Å². The molecule has 2 heterocycles. The van der Waals surface area contributed by atoms with Crippen molar-refractivity contribution in [2.24, 2.45) is 17.8 Å². The molecule has 22 heavy (non-hydrogen) atoms. The van der Waals surface area contributed by atoms with Crippen LogP contribution in [0.4, 0.5) is 11.5 Å². The van der Waals surface area contributed by atoms with Gasteiger partial charge in [0.2, 0.25) is 5.91 Å². The number of hydrogen-bond donors (Lipinski definition) is 1. The maximum Gasteiger partial charge on any atom is 0.227 e. The molecule has 2 bridgehead atoms. The molecule has 0 aromatic carbocycles. The van der Waals surface area contributed by atoms with E-state index in [4.69, 9.17) is 0 Å². The molecule has 4 nitrogen and oxygen atoms in total. The Morgan fingerprint density at radius 2 is 2.05 bits per heavy atom. The van der Waals surface area contributed by atoms with Gasteiger partial charge in [-0.2, -0.15) is 0 Å². The van der Waals surface area contributed by atoms with Crippen molar-refractivity contribution in [1.29, 1.82) is 0 Å². The molecule has 0 spiro atoms. The van der Waals surface area contributed by atoms with E-state index in [1.807, 2.05) is 18.3 Å². The summed E-state index contributed by atoms with van der Waals surface area (Å²) in [6, 6.07) is 3.92. The Bertz CT molecular complexity index is 553. The normalized spacial score (nSPS) is 30.5. The minimum Gasteiger partial charge on any atom is -0.355 e. The molecule has 1 amide bonds. The van der Waals surface area contributed by atoms with Gasteiger partial charge in [-0.3, -0.25) is 4.79 Å². The molecule has 1 saturated heterocycles. The first-order valence-electron chi connectivity index (χ1n) is 8.82. The lowest BCUT2D eigenvalue weighted by atomic mass is 9.88. The predicted molar refractivity (Wildman–Crippen MR) is 87.9 cm³/mol. The highest BCUT2D eigenvalue weighted by Gasteiger charge is 2.43. The Morgan fingerprint density at radius 3 is 2.77 bits per heavy atom. The molecule has 1 aromatic rings. The zero-order valence-corrected chi connectivity index (χ0v) is 13.1. The van der Waals surface area contributed by atoms with Crippen molar-refractivity contribution in [3.63, 3.8) is 0 Å². The van der Waals surface area contributed by atoms with Gasteiger partial charge >= 0.3 is 0 Å². The van der Waals surface area contributed by atoms with Gasteiger partial charge in [-0.05, 0) is 62.5 Å². The fourth-order valence-corrected chi connectivity index (χ4v) is 4.64. The van der Waals surface area contributed by atoms with Crippen LogP contribution in [0, 0.1) is 17.8 Å². The maximum absolute atomic E-state index is 12.7. The second-order valence-electron chi connectivity index (χ2n) is 7.19. The van der Waals surface area contributed by atoms with Gasteiger partial charge < -0.3 is 10.2 Å². The molecule has 4 heteroatoms. The molecule has 118 valence electrons. The monoisotopic (exact) mass is 299 g/mol. The second-order valence-corrected chi connectivity index (χ2v) is 7.19. The van der Waals surface area contributed by atoms with E-state index in [0.717, 1.165) is 36.9 Å². The minimum absolute atomic E-state index is 0.221. The molecule has 4 rings (SSSR count). The van der Waals surface area contributed by atoms with Gasteiger partial charge in [-0.1, -0.05) is 6.42 Å². The summed E-state index contributed by atoms with van der Waals surface area (Å²) in [5, 5.41) is 3.19. The Labute approximate surface area is 132 Å². The van der Waals surface area contributed by atoms with Gasteiger partial charge in [0.05, 0.1) is 5.69 Å². The molecule has 2 saturated carbocycles. The number of amides is 1. The van der Waals surface area contributed by atoms with E-state index in [2.05, 4.69) is 15.2 Å². The van der Waals surface area contributed by atoms with Crippen molar-refractivity contribution in [2.75, 3.05) is 23.3 Å². The molecule has 1 aliphatic heterocycles. The number of anilines is 2. The summed E-state index contributed by atoms with van der Waals surface area (Å²) in [5.74, 6) is 2.83. The number of hydrogen-bond acceptors (Lipinski definition) is 3. The standard InChI is InChI=1S/C18H25N3O/c22-18(15-12-13-6-7-14(15)11-13)20-16-5-4-8-19-17(16)21-9-2-1-3-10-21/h4-5,8,13-15H,1-3,6-7,9-12H2,(H,20,22)/t13-,14-,15-/m0/s1. The number of carbonyl (C=O) groups is 1. The first kappa shape index (κ1) is 14.0. The number of piperidine rings is 1. The molecular formula is C18H25N3O. The molecule has 2 aliphatic carbocycles. The third-order valence-electron chi connectivity index (χ3n) is 5.78. The number of pyridine rings is 1. The summed E-state index contributed by atoms with van der Waals surface area (Å²) in [5.41, 5.74) is 0.900. The van der Waals surface area contributed by atoms with Crippen LogP contribution in [0.3, 0.4) is 0 Å². The van der Waals surface area contributed by atoms with Gasteiger partial charge in [-0.25, -0.2) is 4.98 Å². The quantitative estimate of drug-likeness (QED) is 0.930. The number of nitrogens with zero attached hydrogens (tertiary/aromatic N) is 2. The average Bonchev–Trinajstić information content (AvgIpc) is 3.19. The van der Waals surface area contributed by atoms with Gasteiger partial charge in [0.1, 0.15) is 0 Å². The fraction of sp³-hybridized carbons (Fsp3) is 0.667. The molecule has 3 aliphatic rings. The molecule has 1 N–H and O–H groups in total. The van der Waals surface area contributed by atoms with Gasteiger partial charge in [-0.15, -0.1) is 0 Å². The van der Waals surface area contributed by atoms with Crippen LogP contribution >= 0.6 is 0 Å². The summed E-state index contributed by atoms with van der Waals surface area (Å²) >= 11 is 0. The van der Waals surface area contributed by atoms with E-state index in [0.29, 0.717) is 5.92 Å². The summed E-state index contributed by atoms with van der Waals surface area (Å²) < 4.78 is 0. The Morgan fingerprint density at radius 1 is 1.18 bits per heavy atom. The summed E-state index contributed by atoms with van der Waals surface area (Å²) in [7, 11) is 0. The van der Waals surface area contributed by atoms with E-state index in [-0.39, 0.29) is 11.8 Å². The third kappa shape index (κ3) is 2.59. The lowest BCUT2D eigenvalue weighted by Crippen LogP contribution is -2.32. The van der Waals surface area contributed by atoms with Crippen LogP contribution in [0.15, 0.2) is 18.3 Å². The van der Waals surface area contributed by atoms with E-state index in [9.17, 15) is 4.79 Å². The smallest absolute Gasteiger partial charge is 0.227 e. The van der Waals surface area contributed by atoms with Crippen molar-refractivity contribution in [2.45, 2.75) is 44.9 Å². The van der Waals surface area contributed by atoms with Crippen LogP contribution in [0.5, 0.6) is 0 Å². The third-order valence-corrected chi connectivity index (χ3v) is 5.78. The van der Waals surface area contributed by atoms with Crippen LogP contribution < -0.4 is 10.2 Å². The van der Waals surface area contributed by atoms with Crippen molar-refractivity contribution in [3.05, 3.63) is 18.3 Å². The van der Waals surface area contributed by atoms with Crippen molar-refractivity contribution in [1.82, 2.24) is 4.98 Å². The highest BCUT2D eigenvalue weighted by Crippen LogP contribution is 2.48. The van der Waals surface area contributed by atoms with Gasteiger partial charge in [0.25, 0.3) is 0 Å². The van der Waals surface area contributed by atoms with E-state index < -0.39 is 0 Å². The van der Waals surface area contributed by atoms with Crippen LogP contribution in [0.2, 0.25) is 0 Å². The Kier molecular flexibility index (Phi) is 3.77. The van der Waals surface area contributed by atoms with E-state index >= 15 is 0 Å². The molecule has 0 unspecified atom stereocenters. The van der Waals surface area contributed by atoms with Crippen molar-refractivity contribution < 1.29 is 4.79 Å². The second kappa shape index (κ2) is 5.90. The number of nitrogens with one attached hydrogen (secondary N) is 1. The highest BCUT2D eigenvalue weighted by molar-refractivity contribution is 5.95. The largest absolute Gasteiger partial charge is 0.355 e. The molecule has 3 atom stereocenters. The van der Waals surface area contributed by atoms with E-state index in [1.165, 1.54) is 38.5 Å². The number of fused-ring (bicyclic) bond motifs is 2. The highest BCUT2D eigenvalue weighted by atomic mass is 16.1. The van der Waals surface area contributed by atoms with Crippen LogP contribution in [-0.2, 0) is 4.79 Å². The Balaban J connectivity index is 1.49. The van der Waals surface area contributed by atoms with E-state index in [1.54, 1.807) is 0 Å². The molecule has 0 radical (unpaired) electrons. The average molecular weight is 299 g/mol. The first-order valence-corrected chi connectivity index (χ1v) is 8.82.